The molecule has 0 unspecified atom stereocenters. The van der Waals surface area contributed by atoms with Gasteiger partial charge < -0.3 is 20.1 Å². The molecule has 0 radical (unpaired) electrons. The smallest absolute Gasteiger partial charge is 0.251 e. The van der Waals surface area contributed by atoms with Crippen LogP contribution in [0.3, 0.4) is 0 Å². The Bertz CT molecular complexity index is 1140. The molecule has 2 fully saturated rings. The fourth-order valence-electron chi connectivity index (χ4n) is 4.65. The summed E-state index contributed by atoms with van der Waals surface area (Å²) in [5.74, 6) is 1.23. The molecule has 3 aliphatic rings. The maximum Gasteiger partial charge on any atom is 0.251 e. The Kier molecular flexibility index (Phi) is 8.55. The number of benzene rings is 2. The number of nitrogens with one attached hydrogen (secondary N) is 1. The van der Waals surface area contributed by atoms with Crippen LogP contribution in [0.25, 0.3) is 10.9 Å². The molecule has 1 amide bonds. The molecule has 2 saturated heterocycles. The van der Waals surface area contributed by atoms with Gasteiger partial charge in [-0.2, -0.15) is 0 Å². The van der Waals surface area contributed by atoms with Gasteiger partial charge in [-0.3, -0.25) is 9.69 Å². The molecule has 0 atom stereocenters. The monoisotopic (exact) mass is 476 g/mol. The maximum atomic E-state index is 11.0. The molecule has 0 saturated carbocycles. The average molecular weight is 477 g/mol. The molecule has 4 heterocycles. The number of aromatic hydroxyl groups is 1. The Hall–Kier alpha value is -3.16. The molecule has 2 N–H and O–H groups in total. The highest BCUT2D eigenvalue weighted by Crippen LogP contribution is 2.22. The molecule has 3 aliphatic heterocycles. The number of aromatic nitrogens is 1. The predicted octanol–water partition coefficient (Wildman–Crippen LogP) is 4.33. The van der Waals surface area contributed by atoms with Gasteiger partial charge >= 0.3 is 0 Å². The summed E-state index contributed by atoms with van der Waals surface area (Å²) in [5.41, 5.74) is 4.03. The number of carbonyl (C=O) groups excluding carboxylic acids is 1. The fraction of sp³-hybridized carbons (Fsp3) is 0.429. The van der Waals surface area contributed by atoms with Gasteiger partial charge in [0.1, 0.15) is 11.6 Å². The Morgan fingerprint density at radius 3 is 2.51 bits per heavy atom. The predicted molar refractivity (Wildman–Crippen MR) is 140 cm³/mol. The number of carbonyl (C=O) groups is 1. The highest BCUT2D eigenvalue weighted by molar-refractivity contribution is 5.98. The van der Waals surface area contributed by atoms with E-state index in [0.717, 1.165) is 49.7 Å². The highest BCUT2D eigenvalue weighted by Gasteiger charge is 2.18. The lowest BCUT2D eigenvalue weighted by Gasteiger charge is -2.28. The zero-order valence-corrected chi connectivity index (χ0v) is 20.8. The van der Waals surface area contributed by atoms with E-state index in [1.807, 2.05) is 13.8 Å². The third kappa shape index (κ3) is 6.29. The molecule has 0 aliphatic carbocycles. The van der Waals surface area contributed by atoms with Crippen LogP contribution in [-0.4, -0.2) is 60.3 Å². The van der Waals surface area contributed by atoms with Crippen LogP contribution in [0.1, 0.15) is 48.2 Å². The number of hydrogen-bond acceptors (Lipinski definition) is 6. The van der Waals surface area contributed by atoms with E-state index in [-0.39, 0.29) is 11.7 Å². The van der Waals surface area contributed by atoms with Crippen LogP contribution in [0, 0.1) is 0 Å². The number of ether oxygens (including phenoxy) is 1. The quantitative estimate of drug-likeness (QED) is 0.586. The number of pyridine rings is 1. The van der Waals surface area contributed by atoms with Crippen molar-refractivity contribution in [2.24, 2.45) is 0 Å². The third-order valence-electron chi connectivity index (χ3n) is 6.45. The molecular weight excluding hydrogens is 440 g/mol. The number of morpholine rings is 1. The number of phenolic OH excluding ortho intramolecular Hbond substituents is 1. The maximum absolute atomic E-state index is 11.0. The van der Waals surface area contributed by atoms with Crippen LogP contribution in [0.15, 0.2) is 48.5 Å². The Morgan fingerprint density at radius 2 is 1.74 bits per heavy atom. The molecule has 1 aromatic heterocycles. The Balaban J connectivity index is 0.000000186. The number of phenols is 1. The zero-order valence-electron chi connectivity index (χ0n) is 20.8. The van der Waals surface area contributed by atoms with Crippen LogP contribution in [0.2, 0.25) is 0 Å². The number of nitrogens with zero attached hydrogens (tertiary/aromatic N) is 3. The molecule has 6 rings (SSSR count). The molecule has 7 nitrogen and oxygen atoms in total. The lowest BCUT2D eigenvalue weighted by Crippen LogP contribution is -2.36. The van der Waals surface area contributed by atoms with Gasteiger partial charge in [0, 0.05) is 37.1 Å². The minimum atomic E-state index is -0.0556. The van der Waals surface area contributed by atoms with Crippen LogP contribution in [-0.2, 0) is 17.8 Å². The minimum Gasteiger partial charge on any atom is -0.508 e. The first-order chi connectivity index (χ1) is 17.2. The van der Waals surface area contributed by atoms with Gasteiger partial charge in [-0.15, -0.1) is 0 Å². The van der Waals surface area contributed by atoms with Gasteiger partial charge in [-0.1, -0.05) is 19.9 Å². The van der Waals surface area contributed by atoms with Crippen molar-refractivity contribution in [2.45, 2.75) is 39.8 Å². The highest BCUT2D eigenvalue weighted by atomic mass is 16.5. The molecule has 2 aromatic carbocycles. The van der Waals surface area contributed by atoms with Crippen LogP contribution >= 0.6 is 0 Å². The first-order valence-corrected chi connectivity index (χ1v) is 12.7. The van der Waals surface area contributed by atoms with Crippen molar-refractivity contribution in [1.29, 1.82) is 0 Å². The number of anilines is 1. The van der Waals surface area contributed by atoms with Crippen LogP contribution in [0.5, 0.6) is 5.75 Å². The summed E-state index contributed by atoms with van der Waals surface area (Å²) in [5, 5.41) is 12.9. The normalized spacial score (nSPS) is 17.2. The second-order valence-corrected chi connectivity index (χ2v) is 8.80. The topological polar surface area (TPSA) is 77.9 Å². The van der Waals surface area contributed by atoms with Crippen molar-refractivity contribution in [2.75, 3.05) is 44.3 Å². The lowest BCUT2D eigenvalue weighted by atomic mass is 10.1. The lowest BCUT2D eigenvalue weighted by molar-refractivity contribution is 0.0965. The van der Waals surface area contributed by atoms with E-state index in [1.165, 1.54) is 42.9 Å². The van der Waals surface area contributed by atoms with Crippen molar-refractivity contribution < 1.29 is 14.6 Å². The van der Waals surface area contributed by atoms with Gasteiger partial charge in [0.2, 0.25) is 0 Å². The average Bonchev–Trinajstić information content (AvgIpc) is 3.55. The zero-order chi connectivity index (χ0) is 24.6. The van der Waals surface area contributed by atoms with E-state index in [4.69, 9.17) is 14.8 Å². The first kappa shape index (κ1) is 24.9. The van der Waals surface area contributed by atoms with Gasteiger partial charge in [0.05, 0.1) is 18.7 Å². The largest absolute Gasteiger partial charge is 0.508 e. The summed E-state index contributed by atoms with van der Waals surface area (Å²) in [6.45, 7) is 11.6. The van der Waals surface area contributed by atoms with E-state index >= 15 is 0 Å². The van der Waals surface area contributed by atoms with Gasteiger partial charge in [0.15, 0.2) is 0 Å². The van der Waals surface area contributed by atoms with Crippen molar-refractivity contribution in [3.63, 3.8) is 0 Å². The summed E-state index contributed by atoms with van der Waals surface area (Å²) in [4.78, 5) is 20.7. The molecular formula is C28H36N4O3. The summed E-state index contributed by atoms with van der Waals surface area (Å²) in [6.07, 6.45) is 2.69. The standard InChI is InChI=1S/C18H23N3O.C8H7NO2.C2H6/c1-2-8-20(7-1)14-15-3-5-17-16(13-15)4-6-18(19-17)21-9-11-22-12-10-21;10-6-1-2-7-5(3-6)4-9-8(7)11;1-2/h3-6,13H,1-2,7-12,14H2;1-3,10H,4H2,(H,9,11);1-2H3. The first-order valence-electron chi connectivity index (χ1n) is 12.7. The summed E-state index contributed by atoms with van der Waals surface area (Å²) in [6, 6.07) is 15.8. The molecule has 35 heavy (non-hydrogen) atoms. The number of likely N-dealkylation sites (tertiary alicyclic amines) is 1. The minimum absolute atomic E-state index is 0.0556. The van der Waals surface area contributed by atoms with Crippen molar-refractivity contribution in [1.82, 2.24) is 15.2 Å². The van der Waals surface area contributed by atoms with E-state index in [0.29, 0.717) is 12.1 Å². The Labute approximate surface area is 207 Å². The number of fused-ring (bicyclic) bond motifs is 2. The Morgan fingerprint density at radius 1 is 0.971 bits per heavy atom. The summed E-state index contributed by atoms with van der Waals surface area (Å²) in [7, 11) is 0. The molecule has 7 heteroatoms. The van der Waals surface area contributed by atoms with Crippen LogP contribution < -0.4 is 10.2 Å². The van der Waals surface area contributed by atoms with Crippen molar-refractivity contribution in [3.05, 3.63) is 65.2 Å². The van der Waals surface area contributed by atoms with Crippen molar-refractivity contribution in [3.8, 4) is 5.75 Å². The molecule has 0 bridgehead atoms. The fourth-order valence-corrected chi connectivity index (χ4v) is 4.65. The van der Waals surface area contributed by atoms with Gasteiger partial charge in [0.25, 0.3) is 5.91 Å². The molecule has 0 spiro atoms. The number of hydrogen-bond donors (Lipinski definition) is 2. The van der Waals surface area contributed by atoms with E-state index in [9.17, 15) is 4.79 Å². The van der Waals surface area contributed by atoms with E-state index in [2.05, 4.69) is 45.4 Å². The third-order valence-corrected chi connectivity index (χ3v) is 6.45. The number of amides is 1. The number of rotatable bonds is 3. The van der Waals surface area contributed by atoms with E-state index < -0.39 is 0 Å². The van der Waals surface area contributed by atoms with Crippen LogP contribution in [0.4, 0.5) is 5.82 Å². The van der Waals surface area contributed by atoms with Gasteiger partial charge in [-0.05, 0) is 79.5 Å². The summed E-state index contributed by atoms with van der Waals surface area (Å²) < 4.78 is 5.41. The second-order valence-electron chi connectivity index (χ2n) is 8.80. The van der Waals surface area contributed by atoms with Crippen molar-refractivity contribution >= 4 is 22.6 Å². The molecule has 186 valence electrons. The van der Waals surface area contributed by atoms with E-state index in [1.54, 1.807) is 12.1 Å². The molecule has 3 aromatic rings. The SMILES string of the molecule is CC.O=C1NCc2cc(O)ccc21.c1cc2nc(N3CCOCC3)ccc2cc1CN1CCCC1. The van der Waals surface area contributed by atoms with Gasteiger partial charge in [-0.25, -0.2) is 4.98 Å². The summed E-state index contributed by atoms with van der Waals surface area (Å²) >= 11 is 0. The second kappa shape index (κ2) is 12.0.